The molecule has 4 nitrogen and oxygen atoms in total. The zero-order valence-electron chi connectivity index (χ0n) is 20.0. The van der Waals surface area contributed by atoms with Crippen molar-refractivity contribution in [2.24, 2.45) is 0 Å². The van der Waals surface area contributed by atoms with Gasteiger partial charge in [-0.3, -0.25) is 9.20 Å². The first-order chi connectivity index (χ1) is 18.2. The molecule has 0 aliphatic carbocycles. The van der Waals surface area contributed by atoms with Crippen LogP contribution in [0.4, 0.5) is 0 Å². The Bertz CT molecular complexity index is 1680. The molecule has 0 spiro atoms. The number of fused-ring (bicyclic) bond motifs is 2. The molecule has 1 amide bonds. The van der Waals surface area contributed by atoms with Crippen LogP contribution in [0.1, 0.15) is 21.6 Å². The van der Waals surface area contributed by atoms with E-state index in [1.165, 1.54) is 0 Å². The van der Waals surface area contributed by atoms with Crippen molar-refractivity contribution >= 4 is 44.6 Å². The molecule has 4 aromatic carbocycles. The van der Waals surface area contributed by atoms with Crippen molar-refractivity contribution < 1.29 is 4.79 Å². The van der Waals surface area contributed by atoms with Gasteiger partial charge in [0.05, 0.1) is 5.69 Å². The first kappa shape index (κ1) is 23.5. The van der Waals surface area contributed by atoms with E-state index in [4.69, 9.17) is 16.6 Å². The Morgan fingerprint density at radius 2 is 1.65 bits per heavy atom. The van der Waals surface area contributed by atoms with Gasteiger partial charge in [0.2, 0.25) is 0 Å². The lowest BCUT2D eigenvalue weighted by Gasteiger charge is -2.24. The van der Waals surface area contributed by atoms with Crippen LogP contribution < -0.4 is 0 Å². The molecular weight excluding hydrogens is 498 g/mol. The highest BCUT2D eigenvalue weighted by molar-refractivity contribution is 7.15. The molecule has 2 aromatic heterocycles. The van der Waals surface area contributed by atoms with Gasteiger partial charge in [0.15, 0.2) is 4.96 Å². The Kier molecular flexibility index (Phi) is 6.47. The SMILES string of the molecule is O=C(c1cccc2ccccc12)N(CCc1csc2nc(-c3ccc(Cl)cc3)cn12)Cc1ccccc1. The maximum Gasteiger partial charge on any atom is 0.254 e. The van der Waals surface area contributed by atoms with Gasteiger partial charge in [-0.2, -0.15) is 0 Å². The Labute approximate surface area is 224 Å². The van der Waals surface area contributed by atoms with Gasteiger partial charge in [-0.05, 0) is 34.5 Å². The number of benzene rings is 4. The second kappa shape index (κ2) is 10.2. The summed E-state index contributed by atoms with van der Waals surface area (Å²) in [6, 6.07) is 31.9. The minimum Gasteiger partial charge on any atom is -0.334 e. The molecule has 0 atom stereocenters. The van der Waals surface area contributed by atoms with E-state index in [0.29, 0.717) is 18.1 Å². The number of carbonyl (C=O) groups excluding carboxylic acids is 1. The predicted octanol–water partition coefficient (Wildman–Crippen LogP) is 7.75. The standard InChI is InChI=1S/C31H24ClN3OS/c32-25-15-13-24(14-16-25)29-20-35-26(21-37-31(35)33-29)17-18-34(19-22-7-2-1-3-8-22)30(36)28-12-6-10-23-9-4-5-11-27(23)28/h1-16,20-21H,17-19H2. The smallest absolute Gasteiger partial charge is 0.254 e. The highest BCUT2D eigenvalue weighted by Crippen LogP contribution is 2.26. The topological polar surface area (TPSA) is 37.6 Å². The van der Waals surface area contributed by atoms with Gasteiger partial charge in [-0.1, -0.05) is 90.5 Å². The monoisotopic (exact) mass is 521 g/mol. The Balaban J connectivity index is 1.29. The number of thiazole rings is 1. The van der Waals surface area contributed by atoms with Crippen molar-refractivity contribution in [3.05, 3.63) is 130 Å². The molecule has 0 saturated heterocycles. The van der Waals surface area contributed by atoms with Crippen LogP contribution >= 0.6 is 22.9 Å². The minimum atomic E-state index is 0.0413. The third-order valence-electron chi connectivity index (χ3n) is 6.58. The number of hydrogen-bond donors (Lipinski definition) is 0. The van der Waals surface area contributed by atoms with E-state index < -0.39 is 0 Å². The average molecular weight is 522 g/mol. The summed E-state index contributed by atoms with van der Waals surface area (Å²) in [7, 11) is 0. The highest BCUT2D eigenvalue weighted by Gasteiger charge is 2.19. The number of carbonyl (C=O) groups is 1. The first-order valence-corrected chi connectivity index (χ1v) is 13.4. The van der Waals surface area contributed by atoms with Crippen LogP contribution in [0.5, 0.6) is 0 Å². The fourth-order valence-corrected chi connectivity index (χ4v) is 5.69. The summed E-state index contributed by atoms with van der Waals surface area (Å²) in [5, 5.41) is 4.89. The molecule has 0 saturated carbocycles. The number of imidazole rings is 1. The fraction of sp³-hybridized carbons (Fsp3) is 0.0968. The normalized spacial score (nSPS) is 11.3. The quantitative estimate of drug-likeness (QED) is 0.215. The summed E-state index contributed by atoms with van der Waals surface area (Å²) >= 11 is 7.67. The van der Waals surface area contributed by atoms with Crippen molar-refractivity contribution in [1.29, 1.82) is 0 Å². The summed E-state index contributed by atoms with van der Waals surface area (Å²) in [5.41, 5.74) is 4.92. The van der Waals surface area contributed by atoms with Gasteiger partial charge < -0.3 is 4.90 Å². The maximum atomic E-state index is 13.9. The zero-order chi connectivity index (χ0) is 25.2. The molecule has 0 aliphatic heterocycles. The molecule has 6 heteroatoms. The first-order valence-electron chi connectivity index (χ1n) is 12.2. The Morgan fingerprint density at radius 3 is 2.49 bits per heavy atom. The molecule has 2 heterocycles. The molecule has 0 bridgehead atoms. The van der Waals surface area contributed by atoms with Crippen LogP contribution in [-0.2, 0) is 13.0 Å². The summed E-state index contributed by atoms with van der Waals surface area (Å²) in [6.45, 7) is 1.15. The van der Waals surface area contributed by atoms with Crippen LogP contribution in [0, 0.1) is 0 Å². The Hall–Kier alpha value is -3.93. The number of hydrogen-bond acceptors (Lipinski definition) is 3. The van der Waals surface area contributed by atoms with Crippen LogP contribution in [0.2, 0.25) is 5.02 Å². The lowest BCUT2D eigenvalue weighted by molar-refractivity contribution is 0.0746. The number of aromatic nitrogens is 2. The molecule has 37 heavy (non-hydrogen) atoms. The number of nitrogens with zero attached hydrogens (tertiary/aromatic N) is 3. The summed E-state index contributed by atoms with van der Waals surface area (Å²) in [5.74, 6) is 0.0413. The largest absolute Gasteiger partial charge is 0.334 e. The minimum absolute atomic E-state index is 0.0413. The second-order valence-corrected chi connectivity index (χ2v) is 10.3. The van der Waals surface area contributed by atoms with E-state index in [9.17, 15) is 4.79 Å². The fourth-order valence-electron chi connectivity index (χ4n) is 4.66. The third-order valence-corrected chi connectivity index (χ3v) is 7.73. The van der Waals surface area contributed by atoms with Crippen molar-refractivity contribution in [1.82, 2.24) is 14.3 Å². The van der Waals surface area contributed by atoms with Crippen molar-refractivity contribution in [2.45, 2.75) is 13.0 Å². The predicted molar refractivity (Wildman–Crippen MR) is 152 cm³/mol. The Morgan fingerprint density at radius 1 is 0.892 bits per heavy atom. The molecule has 182 valence electrons. The number of halogens is 1. The lowest BCUT2D eigenvalue weighted by Crippen LogP contribution is -2.32. The highest BCUT2D eigenvalue weighted by atomic mass is 35.5. The third kappa shape index (κ3) is 4.88. The van der Waals surface area contributed by atoms with Gasteiger partial charge in [0, 0.05) is 52.9 Å². The van der Waals surface area contributed by atoms with Crippen molar-refractivity contribution in [2.75, 3.05) is 6.54 Å². The van der Waals surface area contributed by atoms with E-state index in [1.54, 1.807) is 11.3 Å². The molecule has 6 aromatic rings. The van der Waals surface area contributed by atoms with Gasteiger partial charge >= 0.3 is 0 Å². The molecule has 6 rings (SSSR count). The van der Waals surface area contributed by atoms with Crippen LogP contribution in [-0.4, -0.2) is 26.7 Å². The maximum absolute atomic E-state index is 13.9. The number of rotatable bonds is 7. The summed E-state index contributed by atoms with van der Waals surface area (Å²) in [6.07, 6.45) is 2.79. The summed E-state index contributed by atoms with van der Waals surface area (Å²) in [4.78, 5) is 21.6. The van der Waals surface area contributed by atoms with Crippen molar-refractivity contribution in [3.63, 3.8) is 0 Å². The molecular formula is C31H24ClN3OS. The molecule has 0 unspecified atom stereocenters. The van der Waals surface area contributed by atoms with Gasteiger partial charge in [-0.25, -0.2) is 4.98 Å². The van der Waals surface area contributed by atoms with E-state index in [0.717, 1.165) is 50.2 Å². The van der Waals surface area contributed by atoms with Crippen molar-refractivity contribution in [3.8, 4) is 11.3 Å². The van der Waals surface area contributed by atoms with E-state index in [1.807, 2.05) is 89.8 Å². The second-order valence-electron chi connectivity index (χ2n) is 9.00. The zero-order valence-corrected chi connectivity index (χ0v) is 21.6. The van der Waals surface area contributed by atoms with Gasteiger partial charge in [0.25, 0.3) is 5.91 Å². The van der Waals surface area contributed by atoms with Crippen LogP contribution in [0.25, 0.3) is 27.0 Å². The molecule has 0 radical (unpaired) electrons. The molecule has 0 aliphatic rings. The van der Waals surface area contributed by atoms with E-state index >= 15 is 0 Å². The average Bonchev–Trinajstić information content (AvgIpc) is 3.53. The van der Waals surface area contributed by atoms with Crippen LogP contribution in [0.3, 0.4) is 0 Å². The number of amides is 1. The van der Waals surface area contributed by atoms with Gasteiger partial charge in [0.1, 0.15) is 0 Å². The summed E-state index contributed by atoms with van der Waals surface area (Å²) < 4.78 is 2.14. The molecule has 0 N–H and O–H groups in total. The van der Waals surface area contributed by atoms with Crippen LogP contribution in [0.15, 0.2) is 109 Å². The van der Waals surface area contributed by atoms with E-state index in [-0.39, 0.29) is 5.91 Å². The lowest BCUT2D eigenvalue weighted by atomic mass is 10.0. The van der Waals surface area contributed by atoms with E-state index in [2.05, 4.69) is 28.1 Å². The van der Waals surface area contributed by atoms with Gasteiger partial charge in [-0.15, -0.1) is 11.3 Å². The molecule has 0 fully saturated rings.